The number of hydrogen-bond acceptors (Lipinski definition) is 8. The number of ether oxygens (including phenoxy) is 2. The lowest BCUT2D eigenvalue weighted by Gasteiger charge is -2.41. The molecule has 210 valence electrons. The smallest absolute Gasteiger partial charge is 0.416 e. The number of anilines is 2. The molecule has 1 amide bonds. The van der Waals surface area contributed by atoms with E-state index in [0.29, 0.717) is 31.6 Å². The molecule has 0 spiro atoms. The largest absolute Gasteiger partial charge is 0.493 e. The number of aromatic nitrogens is 2. The van der Waals surface area contributed by atoms with Crippen molar-refractivity contribution in [2.75, 3.05) is 44.5 Å². The number of fused-ring (bicyclic) bond motifs is 1. The fourth-order valence-electron chi connectivity index (χ4n) is 4.72. The summed E-state index contributed by atoms with van der Waals surface area (Å²) in [5.74, 6) is -0.569. The van der Waals surface area contributed by atoms with Gasteiger partial charge in [-0.15, -0.1) is 0 Å². The van der Waals surface area contributed by atoms with Crippen LogP contribution in [0, 0.1) is 5.82 Å². The monoisotopic (exact) mass is 550 g/mol. The lowest BCUT2D eigenvalue weighted by Crippen LogP contribution is -2.55. The molecule has 4 rings (SSSR count). The van der Waals surface area contributed by atoms with Crippen molar-refractivity contribution in [1.82, 2.24) is 14.9 Å². The quantitative estimate of drug-likeness (QED) is 0.425. The highest BCUT2D eigenvalue weighted by molar-refractivity contribution is 5.92. The Hall–Kier alpha value is -3.87. The van der Waals surface area contributed by atoms with E-state index in [2.05, 4.69) is 9.97 Å². The molecule has 39 heavy (non-hydrogen) atoms. The van der Waals surface area contributed by atoms with Gasteiger partial charge in [0.1, 0.15) is 11.3 Å². The van der Waals surface area contributed by atoms with Gasteiger partial charge in [0.2, 0.25) is 11.9 Å². The highest BCUT2D eigenvalue weighted by Crippen LogP contribution is 2.38. The number of amides is 1. The Kier molecular flexibility index (Phi) is 8.00. The van der Waals surface area contributed by atoms with Crippen molar-refractivity contribution in [2.24, 2.45) is 5.73 Å². The van der Waals surface area contributed by atoms with Crippen LogP contribution in [0.2, 0.25) is 0 Å². The van der Waals surface area contributed by atoms with Crippen molar-refractivity contribution in [3.05, 3.63) is 47.3 Å². The van der Waals surface area contributed by atoms with E-state index in [9.17, 15) is 18.0 Å². The summed E-state index contributed by atoms with van der Waals surface area (Å²) in [5, 5.41) is 0.285. The van der Waals surface area contributed by atoms with Gasteiger partial charge in [0, 0.05) is 43.5 Å². The van der Waals surface area contributed by atoms with Gasteiger partial charge < -0.3 is 30.7 Å². The van der Waals surface area contributed by atoms with Crippen molar-refractivity contribution in [2.45, 2.75) is 38.0 Å². The average Bonchev–Trinajstić information content (AvgIpc) is 2.92. The van der Waals surface area contributed by atoms with Gasteiger partial charge in [0.25, 0.3) is 0 Å². The van der Waals surface area contributed by atoms with Crippen LogP contribution in [-0.2, 0) is 11.0 Å². The molecule has 1 aromatic heterocycles. The van der Waals surface area contributed by atoms with Crippen molar-refractivity contribution < 1.29 is 31.8 Å². The molecule has 2 aromatic carbocycles. The second-order valence-electron chi connectivity index (χ2n) is 9.26. The normalized spacial score (nSPS) is 16.9. The molecule has 1 aliphatic rings. The van der Waals surface area contributed by atoms with Crippen molar-refractivity contribution in [3.63, 3.8) is 0 Å². The second-order valence-corrected chi connectivity index (χ2v) is 9.26. The number of halogens is 4. The number of methoxy groups -OCH3 is 2. The predicted octanol–water partition coefficient (Wildman–Crippen LogP) is 3.90. The summed E-state index contributed by atoms with van der Waals surface area (Å²) >= 11 is 0. The summed E-state index contributed by atoms with van der Waals surface area (Å²) in [6.45, 7) is 2.97. The maximum Gasteiger partial charge on any atom is 0.416 e. The fourth-order valence-corrected chi connectivity index (χ4v) is 4.72. The molecule has 0 bridgehead atoms. The number of rotatable bonds is 7. The molecule has 1 saturated heterocycles. The fraction of sp³-hybridized carbons (Fsp3) is 0.423. The zero-order chi connectivity index (χ0) is 28.5. The minimum Gasteiger partial charge on any atom is -0.493 e. The number of nitrogens with two attached hydrogens (primary N) is 2. The molecule has 0 unspecified atom stereocenters. The number of nitrogen functional groups attached to an aromatic ring is 1. The summed E-state index contributed by atoms with van der Waals surface area (Å²) < 4.78 is 64.1. The summed E-state index contributed by atoms with van der Waals surface area (Å²) in [4.78, 5) is 25.4. The number of benzene rings is 2. The molecule has 0 saturated carbocycles. The van der Waals surface area contributed by atoms with Crippen LogP contribution in [0.25, 0.3) is 10.9 Å². The van der Waals surface area contributed by atoms with E-state index in [1.807, 2.05) is 11.8 Å². The van der Waals surface area contributed by atoms with E-state index in [1.165, 1.54) is 32.4 Å². The van der Waals surface area contributed by atoms with Gasteiger partial charge in [0.05, 0.1) is 19.8 Å². The van der Waals surface area contributed by atoms with Crippen LogP contribution in [0.1, 0.15) is 36.9 Å². The van der Waals surface area contributed by atoms with Crippen molar-refractivity contribution in [3.8, 4) is 11.5 Å². The summed E-state index contributed by atoms with van der Waals surface area (Å²) in [7, 11) is 2.71. The first-order chi connectivity index (χ1) is 18.5. The van der Waals surface area contributed by atoms with Gasteiger partial charge in [-0.05, 0) is 30.2 Å². The molecule has 1 fully saturated rings. The average molecular weight is 551 g/mol. The first kappa shape index (κ1) is 28.1. The maximum atomic E-state index is 15.2. The molecule has 9 nitrogen and oxygen atoms in total. The number of carbonyl (C=O) groups is 1. The minimum atomic E-state index is -4.45. The van der Waals surface area contributed by atoms with Gasteiger partial charge in [-0.1, -0.05) is 19.1 Å². The van der Waals surface area contributed by atoms with Crippen molar-refractivity contribution >= 4 is 28.6 Å². The Morgan fingerprint density at radius 1 is 1.15 bits per heavy atom. The van der Waals surface area contributed by atoms with Crippen LogP contribution in [0.3, 0.4) is 0 Å². The second kappa shape index (κ2) is 11.1. The Bertz CT molecular complexity index is 1350. The van der Waals surface area contributed by atoms with E-state index < -0.39 is 23.6 Å². The van der Waals surface area contributed by atoms with E-state index in [4.69, 9.17) is 20.9 Å². The highest BCUT2D eigenvalue weighted by atomic mass is 19.4. The van der Waals surface area contributed by atoms with Crippen LogP contribution >= 0.6 is 0 Å². The SMILES string of the molecule is CC[C@H]1CN(C(=O)C[C@@H](N)c2ccc(C(F)(F)F)cc2)CCN1c1nc(N)c2cc(OC)c(OC)c(F)c2n1. The number of piperazine rings is 1. The molecule has 2 atom stereocenters. The van der Waals surface area contributed by atoms with Crippen LogP contribution in [-0.4, -0.2) is 60.7 Å². The lowest BCUT2D eigenvalue weighted by atomic mass is 10.0. The molecule has 0 aliphatic carbocycles. The number of nitrogens with zero attached hydrogens (tertiary/aromatic N) is 4. The summed E-state index contributed by atoms with van der Waals surface area (Å²) in [5.41, 5.74) is 12.0. The Labute approximate surface area is 222 Å². The van der Waals surface area contributed by atoms with Crippen LogP contribution < -0.4 is 25.8 Å². The summed E-state index contributed by atoms with van der Waals surface area (Å²) in [6.07, 6.45) is -3.88. The minimum absolute atomic E-state index is 0.00831. The molecule has 1 aliphatic heterocycles. The first-order valence-electron chi connectivity index (χ1n) is 12.3. The molecular weight excluding hydrogens is 520 g/mol. The molecule has 4 N–H and O–H groups in total. The molecule has 13 heteroatoms. The van der Waals surface area contributed by atoms with Crippen LogP contribution in [0.5, 0.6) is 11.5 Å². The zero-order valence-corrected chi connectivity index (χ0v) is 21.8. The third kappa shape index (κ3) is 5.63. The first-order valence-corrected chi connectivity index (χ1v) is 12.3. The molecule has 3 aromatic rings. The Morgan fingerprint density at radius 3 is 2.44 bits per heavy atom. The van der Waals surface area contributed by atoms with Gasteiger partial charge in [-0.3, -0.25) is 4.79 Å². The zero-order valence-electron chi connectivity index (χ0n) is 21.8. The van der Waals surface area contributed by atoms with Gasteiger partial charge >= 0.3 is 6.18 Å². The van der Waals surface area contributed by atoms with E-state index >= 15 is 4.39 Å². The summed E-state index contributed by atoms with van der Waals surface area (Å²) in [6, 6.07) is 5.06. The molecule has 0 radical (unpaired) electrons. The topological polar surface area (TPSA) is 120 Å². The van der Waals surface area contributed by atoms with E-state index in [0.717, 1.165) is 12.1 Å². The van der Waals surface area contributed by atoms with Gasteiger partial charge in [-0.25, -0.2) is 9.37 Å². The standard InChI is InChI=1S/C26H30F4N6O3/c1-4-16-13-35(20(37)12-18(31)14-5-7-15(8-6-14)26(28,29)30)9-10-36(16)25-33-22-17(24(32)34-25)11-19(38-2)23(39-3)21(22)27/h5-8,11,16,18H,4,9-10,12-13,31H2,1-3H3,(H2,32,33,34)/t16-,18+/m0/s1. The predicted molar refractivity (Wildman–Crippen MR) is 138 cm³/mol. The number of carbonyl (C=O) groups excluding carboxylic acids is 1. The Balaban J connectivity index is 1.50. The lowest BCUT2D eigenvalue weighted by molar-refractivity contribution is -0.137. The number of hydrogen-bond donors (Lipinski definition) is 2. The number of alkyl halides is 3. The highest BCUT2D eigenvalue weighted by Gasteiger charge is 2.33. The van der Waals surface area contributed by atoms with E-state index in [-0.39, 0.29) is 52.5 Å². The van der Waals surface area contributed by atoms with Gasteiger partial charge in [0.15, 0.2) is 17.3 Å². The Morgan fingerprint density at radius 2 is 1.85 bits per heavy atom. The third-order valence-electron chi connectivity index (χ3n) is 6.92. The van der Waals surface area contributed by atoms with Crippen molar-refractivity contribution in [1.29, 1.82) is 0 Å². The molecule has 2 heterocycles. The van der Waals surface area contributed by atoms with Crippen LogP contribution in [0.4, 0.5) is 29.3 Å². The van der Waals surface area contributed by atoms with Crippen LogP contribution in [0.15, 0.2) is 30.3 Å². The molecular formula is C26H30F4N6O3. The maximum absolute atomic E-state index is 15.2. The van der Waals surface area contributed by atoms with E-state index in [1.54, 1.807) is 4.90 Å². The third-order valence-corrected chi connectivity index (χ3v) is 6.92. The van der Waals surface area contributed by atoms with Gasteiger partial charge in [-0.2, -0.15) is 18.2 Å².